The number of rotatable bonds is 6. The lowest BCUT2D eigenvalue weighted by molar-refractivity contribution is 0.191. The van der Waals surface area contributed by atoms with Crippen molar-refractivity contribution in [3.8, 4) is 5.75 Å². The van der Waals surface area contributed by atoms with Crippen LogP contribution in [0.2, 0.25) is 0 Å². The Hall–Kier alpha value is -1.42. The lowest BCUT2D eigenvalue weighted by atomic mass is 10.2. The van der Waals surface area contributed by atoms with Crippen LogP contribution in [0.4, 0.5) is 11.4 Å². The van der Waals surface area contributed by atoms with Crippen LogP contribution >= 0.6 is 0 Å². The summed E-state index contributed by atoms with van der Waals surface area (Å²) in [5.41, 5.74) is 7.50. The van der Waals surface area contributed by atoms with Crippen molar-refractivity contribution in [3.63, 3.8) is 0 Å². The summed E-state index contributed by atoms with van der Waals surface area (Å²) in [6, 6.07) is 5.90. The van der Waals surface area contributed by atoms with E-state index in [0.717, 1.165) is 30.2 Å². The lowest BCUT2D eigenvalue weighted by Gasteiger charge is -2.17. The van der Waals surface area contributed by atoms with Crippen molar-refractivity contribution in [2.24, 2.45) is 0 Å². The normalized spacial score (nSPS) is 12.2. The van der Waals surface area contributed by atoms with E-state index in [2.05, 4.69) is 12.2 Å². The quantitative estimate of drug-likeness (QED) is 0.727. The molecule has 0 radical (unpaired) electrons. The highest BCUT2D eigenvalue weighted by Crippen LogP contribution is 2.25. The smallest absolute Gasteiger partial charge is 0.121 e. The van der Waals surface area contributed by atoms with E-state index in [1.807, 2.05) is 18.2 Å². The van der Waals surface area contributed by atoms with Gasteiger partial charge in [0.2, 0.25) is 0 Å². The van der Waals surface area contributed by atoms with Crippen LogP contribution in [0.15, 0.2) is 18.2 Å². The van der Waals surface area contributed by atoms with Crippen molar-refractivity contribution in [3.05, 3.63) is 18.2 Å². The minimum absolute atomic E-state index is 0.314. The highest BCUT2D eigenvalue weighted by atomic mass is 16.5. The summed E-state index contributed by atoms with van der Waals surface area (Å²) in [4.78, 5) is 0. The van der Waals surface area contributed by atoms with E-state index in [1.54, 1.807) is 14.2 Å². The first-order valence-electron chi connectivity index (χ1n) is 5.36. The molecule has 90 valence electrons. The molecule has 1 unspecified atom stereocenters. The molecule has 0 aromatic heterocycles. The van der Waals surface area contributed by atoms with Gasteiger partial charge in [0.1, 0.15) is 5.75 Å². The van der Waals surface area contributed by atoms with E-state index in [-0.39, 0.29) is 0 Å². The number of methoxy groups -OCH3 is 2. The number of hydrogen-bond donors (Lipinski definition) is 2. The number of nitrogens with two attached hydrogens (primary N) is 1. The van der Waals surface area contributed by atoms with Gasteiger partial charge < -0.3 is 20.5 Å². The van der Waals surface area contributed by atoms with Crippen LogP contribution in [0.25, 0.3) is 0 Å². The molecule has 3 N–H and O–H groups in total. The molecule has 4 heteroatoms. The molecule has 1 aromatic rings. The zero-order chi connectivity index (χ0) is 12.0. The molecule has 0 spiro atoms. The molecule has 0 bridgehead atoms. The maximum absolute atomic E-state index is 5.87. The Morgan fingerprint density at radius 3 is 2.75 bits per heavy atom. The van der Waals surface area contributed by atoms with Crippen LogP contribution in [0, 0.1) is 0 Å². The number of ether oxygens (including phenoxy) is 2. The van der Waals surface area contributed by atoms with E-state index >= 15 is 0 Å². The van der Waals surface area contributed by atoms with Gasteiger partial charge >= 0.3 is 0 Å². The average Bonchev–Trinajstić information content (AvgIpc) is 2.29. The third-order valence-electron chi connectivity index (χ3n) is 2.42. The third-order valence-corrected chi connectivity index (χ3v) is 2.42. The van der Waals surface area contributed by atoms with Crippen LogP contribution in [0.3, 0.4) is 0 Å². The van der Waals surface area contributed by atoms with Gasteiger partial charge in [-0.3, -0.25) is 0 Å². The van der Waals surface area contributed by atoms with Gasteiger partial charge in [0.05, 0.1) is 18.5 Å². The van der Waals surface area contributed by atoms with Crippen LogP contribution in [0.5, 0.6) is 5.75 Å². The average molecular weight is 224 g/mol. The first kappa shape index (κ1) is 12.6. The van der Waals surface area contributed by atoms with Crippen LogP contribution in [-0.4, -0.2) is 26.9 Å². The number of hydrogen-bond acceptors (Lipinski definition) is 4. The van der Waals surface area contributed by atoms with Crippen molar-refractivity contribution in [2.45, 2.75) is 19.4 Å². The Labute approximate surface area is 96.7 Å². The van der Waals surface area contributed by atoms with Crippen LogP contribution in [-0.2, 0) is 4.74 Å². The summed E-state index contributed by atoms with van der Waals surface area (Å²) in [6.45, 7) is 2.83. The van der Waals surface area contributed by atoms with Crippen LogP contribution in [0.1, 0.15) is 13.3 Å². The second-order valence-electron chi connectivity index (χ2n) is 3.78. The Balaban J connectivity index is 2.64. The third kappa shape index (κ3) is 3.62. The lowest BCUT2D eigenvalue weighted by Crippen LogP contribution is -2.18. The second kappa shape index (κ2) is 6.23. The van der Waals surface area contributed by atoms with Crippen LogP contribution < -0.4 is 15.8 Å². The fraction of sp³-hybridized carbons (Fsp3) is 0.500. The molecule has 0 saturated carbocycles. The second-order valence-corrected chi connectivity index (χ2v) is 3.78. The van der Waals surface area contributed by atoms with Crippen molar-refractivity contribution in [1.29, 1.82) is 0 Å². The van der Waals surface area contributed by atoms with Gasteiger partial charge in [-0.05, 0) is 25.5 Å². The molecular formula is C12H20N2O2. The molecule has 16 heavy (non-hydrogen) atoms. The van der Waals surface area contributed by atoms with E-state index in [4.69, 9.17) is 15.2 Å². The zero-order valence-electron chi connectivity index (χ0n) is 10.1. The first-order valence-corrected chi connectivity index (χ1v) is 5.36. The fourth-order valence-corrected chi connectivity index (χ4v) is 1.42. The molecule has 0 aliphatic carbocycles. The molecule has 0 aliphatic rings. The van der Waals surface area contributed by atoms with E-state index in [9.17, 15) is 0 Å². The topological polar surface area (TPSA) is 56.5 Å². The molecule has 1 atom stereocenters. The Morgan fingerprint density at radius 1 is 1.38 bits per heavy atom. The SMILES string of the molecule is COCCC(C)Nc1cc(OC)ccc1N. The number of nitrogen functional groups attached to an aromatic ring is 1. The summed E-state index contributed by atoms with van der Waals surface area (Å²) in [6.07, 6.45) is 0.938. The highest BCUT2D eigenvalue weighted by molar-refractivity contribution is 5.68. The first-order chi connectivity index (χ1) is 7.67. The Kier molecular flexibility index (Phi) is 4.92. The van der Waals surface area contributed by atoms with Gasteiger partial charge in [0, 0.05) is 25.8 Å². The zero-order valence-corrected chi connectivity index (χ0v) is 10.1. The highest BCUT2D eigenvalue weighted by Gasteiger charge is 2.05. The Morgan fingerprint density at radius 2 is 2.12 bits per heavy atom. The van der Waals surface area contributed by atoms with Gasteiger partial charge in [-0.2, -0.15) is 0 Å². The van der Waals surface area contributed by atoms with Crippen molar-refractivity contribution < 1.29 is 9.47 Å². The number of nitrogens with one attached hydrogen (secondary N) is 1. The molecule has 0 aliphatic heterocycles. The molecule has 0 heterocycles. The number of anilines is 2. The molecule has 0 saturated heterocycles. The maximum Gasteiger partial charge on any atom is 0.121 e. The van der Waals surface area contributed by atoms with Gasteiger partial charge in [-0.1, -0.05) is 0 Å². The molecule has 1 aromatic carbocycles. The monoisotopic (exact) mass is 224 g/mol. The molecule has 4 nitrogen and oxygen atoms in total. The van der Waals surface area contributed by atoms with E-state index in [1.165, 1.54) is 0 Å². The predicted molar refractivity (Wildman–Crippen MR) is 67.0 cm³/mol. The predicted octanol–water partition coefficient (Wildman–Crippen LogP) is 2.11. The Bertz CT molecular complexity index is 329. The maximum atomic E-state index is 5.87. The molecule has 0 amide bonds. The number of benzene rings is 1. The summed E-state index contributed by atoms with van der Waals surface area (Å²) in [7, 11) is 3.34. The van der Waals surface area contributed by atoms with Crippen molar-refractivity contribution >= 4 is 11.4 Å². The summed E-state index contributed by atoms with van der Waals surface area (Å²) >= 11 is 0. The van der Waals surface area contributed by atoms with Gasteiger partial charge in [0.15, 0.2) is 0 Å². The fourth-order valence-electron chi connectivity index (χ4n) is 1.42. The van der Waals surface area contributed by atoms with Gasteiger partial charge in [0.25, 0.3) is 0 Å². The van der Waals surface area contributed by atoms with E-state index < -0.39 is 0 Å². The summed E-state index contributed by atoms with van der Waals surface area (Å²) in [5.74, 6) is 0.802. The minimum Gasteiger partial charge on any atom is -0.497 e. The van der Waals surface area contributed by atoms with E-state index in [0.29, 0.717) is 6.04 Å². The summed E-state index contributed by atoms with van der Waals surface area (Å²) in [5, 5.41) is 3.33. The molecular weight excluding hydrogens is 204 g/mol. The largest absolute Gasteiger partial charge is 0.497 e. The molecule has 1 rings (SSSR count). The minimum atomic E-state index is 0.314. The van der Waals surface area contributed by atoms with Crippen molar-refractivity contribution in [2.75, 3.05) is 31.9 Å². The van der Waals surface area contributed by atoms with Crippen molar-refractivity contribution in [1.82, 2.24) is 0 Å². The standard InChI is InChI=1S/C12H20N2O2/c1-9(6-7-15-2)14-12-8-10(16-3)4-5-11(12)13/h4-5,8-9,14H,6-7,13H2,1-3H3. The van der Waals surface area contributed by atoms with Gasteiger partial charge in [-0.15, -0.1) is 0 Å². The summed E-state index contributed by atoms with van der Waals surface area (Å²) < 4.78 is 10.2. The molecule has 0 fully saturated rings. The van der Waals surface area contributed by atoms with Gasteiger partial charge in [-0.25, -0.2) is 0 Å².